The van der Waals surface area contributed by atoms with Crippen LogP contribution in [-0.4, -0.2) is 12.6 Å². The van der Waals surface area contributed by atoms with Crippen LogP contribution in [0.5, 0.6) is 11.5 Å². The van der Waals surface area contributed by atoms with Gasteiger partial charge in [0, 0.05) is 5.56 Å². The maximum atomic E-state index is 12.2. The Balaban J connectivity index is 1.45. The predicted molar refractivity (Wildman–Crippen MR) is 107 cm³/mol. The molecular weight excluding hydrogens is 336 g/mol. The molecule has 0 saturated heterocycles. The average molecular weight is 354 g/mol. The lowest BCUT2D eigenvalue weighted by Crippen LogP contribution is -2.17. The first-order chi connectivity index (χ1) is 13.3. The molecule has 0 aromatic heterocycles. The van der Waals surface area contributed by atoms with Crippen LogP contribution in [0.1, 0.15) is 0 Å². The van der Waals surface area contributed by atoms with Gasteiger partial charge in [-0.1, -0.05) is 78.9 Å². The first-order valence-electron chi connectivity index (χ1n) is 8.76. The fraction of sp³-hybridized carbons (Fsp3) is 0.0417. The summed E-state index contributed by atoms with van der Waals surface area (Å²) >= 11 is 0. The fourth-order valence-electron chi connectivity index (χ4n) is 2.98. The summed E-state index contributed by atoms with van der Waals surface area (Å²) in [7, 11) is 0. The Morgan fingerprint density at radius 3 is 2.26 bits per heavy atom. The molecule has 4 rings (SSSR count). The lowest BCUT2D eigenvalue weighted by molar-refractivity contribution is -0.136. The number of carbonyl (C=O) groups is 1. The van der Waals surface area contributed by atoms with Crippen molar-refractivity contribution in [3.63, 3.8) is 0 Å². The SMILES string of the molecule is O=C(COc1ccccc1-c1ccccc1)Oc1ccc2ccccc2c1. The molecule has 4 aromatic carbocycles. The highest BCUT2D eigenvalue weighted by Gasteiger charge is 2.10. The molecule has 0 fully saturated rings. The minimum Gasteiger partial charge on any atom is -0.481 e. The molecule has 0 heterocycles. The normalized spacial score (nSPS) is 10.5. The lowest BCUT2D eigenvalue weighted by atomic mass is 10.1. The van der Waals surface area contributed by atoms with Crippen LogP contribution in [0.15, 0.2) is 97.1 Å². The maximum Gasteiger partial charge on any atom is 0.349 e. The lowest BCUT2D eigenvalue weighted by Gasteiger charge is -2.11. The maximum absolute atomic E-state index is 12.2. The van der Waals surface area contributed by atoms with Gasteiger partial charge in [-0.15, -0.1) is 0 Å². The van der Waals surface area contributed by atoms with Crippen LogP contribution in [-0.2, 0) is 4.79 Å². The number of hydrogen-bond donors (Lipinski definition) is 0. The van der Waals surface area contributed by atoms with Crippen molar-refractivity contribution in [2.45, 2.75) is 0 Å². The Morgan fingerprint density at radius 1 is 0.704 bits per heavy atom. The van der Waals surface area contributed by atoms with Gasteiger partial charge in [0.2, 0.25) is 0 Å². The van der Waals surface area contributed by atoms with Crippen molar-refractivity contribution in [1.82, 2.24) is 0 Å². The zero-order valence-corrected chi connectivity index (χ0v) is 14.7. The number of fused-ring (bicyclic) bond motifs is 1. The Hall–Kier alpha value is -3.59. The van der Waals surface area contributed by atoms with Gasteiger partial charge in [0.1, 0.15) is 11.5 Å². The van der Waals surface area contributed by atoms with Crippen LogP contribution >= 0.6 is 0 Å². The Labute approximate surface area is 157 Å². The van der Waals surface area contributed by atoms with Gasteiger partial charge < -0.3 is 9.47 Å². The number of benzene rings is 4. The molecule has 0 saturated carbocycles. The largest absolute Gasteiger partial charge is 0.481 e. The molecule has 0 aliphatic carbocycles. The minimum absolute atomic E-state index is 0.156. The Kier molecular flexibility index (Phi) is 4.84. The first kappa shape index (κ1) is 16.9. The molecule has 0 unspecified atom stereocenters. The number of esters is 1. The second-order valence-corrected chi connectivity index (χ2v) is 6.13. The third kappa shape index (κ3) is 3.98. The smallest absolute Gasteiger partial charge is 0.349 e. The monoisotopic (exact) mass is 354 g/mol. The predicted octanol–water partition coefficient (Wildman–Crippen LogP) is 5.49. The number of hydrogen-bond acceptors (Lipinski definition) is 3. The molecule has 27 heavy (non-hydrogen) atoms. The summed E-state index contributed by atoms with van der Waals surface area (Å²) in [6, 6.07) is 31.1. The topological polar surface area (TPSA) is 35.5 Å². The van der Waals surface area contributed by atoms with Crippen molar-refractivity contribution in [3.05, 3.63) is 97.1 Å². The van der Waals surface area contributed by atoms with Gasteiger partial charge >= 0.3 is 5.97 Å². The van der Waals surface area contributed by atoms with Gasteiger partial charge in [-0.05, 0) is 34.5 Å². The van der Waals surface area contributed by atoms with Crippen molar-refractivity contribution in [3.8, 4) is 22.6 Å². The van der Waals surface area contributed by atoms with Gasteiger partial charge in [-0.2, -0.15) is 0 Å². The number of rotatable bonds is 5. The summed E-state index contributed by atoms with van der Waals surface area (Å²) in [5, 5.41) is 2.13. The fourth-order valence-corrected chi connectivity index (χ4v) is 2.98. The molecule has 0 spiro atoms. The zero-order chi connectivity index (χ0) is 18.5. The molecular formula is C24H18O3. The Morgan fingerprint density at radius 2 is 1.41 bits per heavy atom. The third-order valence-electron chi connectivity index (χ3n) is 4.27. The van der Waals surface area contributed by atoms with E-state index in [0.717, 1.165) is 21.9 Å². The molecule has 0 aliphatic heterocycles. The Bertz CT molecular complexity index is 1070. The van der Waals surface area contributed by atoms with E-state index in [4.69, 9.17) is 9.47 Å². The zero-order valence-electron chi connectivity index (χ0n) is 14.7. The van der Waals surface area contributed by atoms with Crippen LogP contribution in [0.2, 0.25) is 0 Å². The van der Waals surface area contributed by atoms with Crippen LogP contribution < -0.4 is 9.47 Å². The summed E-state index contributed by atoms with van der Waals surface area (Å²) in [6.45, 7) is -0.156. The van der Waals surface area contributed by atoms with E-state index in [1.807, 2.05) is 91.0 Å². The molecule has 4 aromatic rings. The van der Waals surface area contributed by atoms with Crippen molar-refractivity contribution < 1.29 is 14.3 Å². The van der Waals surface area contributed by atoms with E-state index in [1.165, 1.54) is 0 Å². The minimum atomic E-state index is -0.437. The van der Waals surface area contributed by atoms with Crippen LogP contribution in [0.25, 0.3) is 21.9 Å². The van der Waals surface area contributed by atoms with E-state index >= 15 is 0 Å². The van der Waals surface area contributed by atoms with Crippen LogP contribution in [0.3, 0.4) is 0 Å². The van der Waals surface area contributed by atoms with Gasteiger partial charge in [-0.3, -0.25) is 0 Å². The highest BCUT2D eigenvalue weighted by Crippen LogP contribution is 2.29. The summed E-state index contributed by atoms with van der Waals surface area (Å²) in [6.07, 6.45) is 0. The van der Waals surface area contributed by atoms with Gasteiger partial charge in [0.15, 0.2) is 6.61 Å². The standard InChI is InChI=1S/C24H18O3/c25-24(27-21-15-14-18-8-4-5-11-20(18)16-21)17-26-23-13-7-6-12-22(23)19-9-2-1-3-10-19/h1-16H,17H2. The molecule has 132 valence electrons. The van der Waals surface area contributed by atoms with E-state index in [0.29, 0.717) is 11.5 Å². The number of carbonyl (C=O) groups excluding carboxylic acids is 1. The van der Waals surface area contributed by atoms with Crippen LogP contribution in [0, 0.1) is 0 Å². The summed E-state index contributed by atoms with van der Waals surface area (Å²) in [5.41, 5.74) is 1.98. The molecule has 3 nitrogen and oxygen atoms in total. The number of para-hydroxylation sites is 1. The second kappa shape index (κ2) is 7.75. The molecule has 0 bridgehead atoms. The van der Waals surface area contributed by atoms with E-state index < -0.39 is 5.97 Å². The third-order valence-corrected chi connectivity index (χ3v) is 4.27. The molecule has 3 heteroatoms. The number of ether oxygens (including phenoxy) is 2. The first-order valence-corrected chi connectivity index (χ1v) is 8.76. The second-order valence-electron chi connectivity index (χ2n) is 6.13. The summed E-state index contributed by atoms with van der Waals surface area (Å²) in [5.74, 6) is 0.728. The van der Waals surface area contributed by atoms with Crippen molar-refractivity contribution >= 4 is 16.7 Å². The molecule has 0 amide bonds. The molecule has 0 aliphatic rings. The average Bonchev–Trinajstić information content (AvgIpc) is 2.73. The van der Waals surface area contributed by atoms with Crippen molar-refractivity contribution in [2.75, 3.05) is 6.61 Å². The van der Waals surface area contributed by atoms with Crippen molar-refractivity contribution in [2.24, 2.45) is 0 Å². The van der Waals surface area contributed by atoms with Crippen LogP contribution in [0.4, 0.5) is 0 Å². The quantitative estimate of drug-likeness (QED) is 0.351. The highest BCUT2D eigenvalue weighted by molar-refractivity contribution is 5.85. The van der Waals surface area contributed by atoms with Gasteiger partial charge in [0.05, 0.1) is 0 Å². The summed E-state index contributed by atoms with van der Waals surface area (Å²) in [4.78, 5) is 12.2. The van der Waals surface area contributed by atoms with E-state index in [-0.39, 0.29) is 6.61 Å². The van der Waals surface area contributed by atoms with E-state index in [2.05, 4.69) is 0 Å². The van der Waals surface area contributed by atoms with Crippen molar-refractivity contribution in [1.29, 1.82) is 0 Å². The summed E-state index contributed by atoms with van der Waals surface area (Å²) < 4.78 is 11.2. The molecule has 0 radical (unpaired) electrons. The highest BCUT2D eigenvalue weighted by atomic mass is 16.6. The molecule has 0 atom stereocenters. The molecule has 0 N–H and O–H groups in total. The van der Waals surface area contributed by atoms with Gasteiger partial charge in [0.25, 0.3) is 0 Å². The van der Waals surface area contributed by atoms with Gasteiger partial charge in [-0.25, -0.2) is 4.79 Å². The van der Waals surface area contributed by atoms with E-state index in [9.17, 15) is 4.79 Å². The van der Waals surface area contributed by atoms with E-state index in [1.54, 1.807) is 6.07 Å².